The van der Waals surface area contributed by atoms with E-state index in [1.165, 1.54) is 18.2 Å². The molecule has 0 unspecified atom stereocenters. The summed E-state index contributed by atoms with van der Waals surface area (Å²) in [4.78, 5) is 0.00813. The van der Waals surface area contributed by atoms with Gasteiger partial charge in [-0.15, -0.1) is 11.6 Å². The predicted molar refractivity (Wildman–Crippen MR) is 111 cm³/mol. The third-order valence-electron chi connectivity index (χ3n) is 4.33. The minimum Gasteiger partial charge on any atom is -0.221 e. The van der Waals surface area contributed by atoms with E-state index in [2.05, 4.69) is 4.72 Å². The van der Waals surface area contributed by atoms with E-state index >= 15 is 0 Å². The molecule has 0 saturated carbocycles. The number of nitrogens with one attached hydrogen (secondary N) is 1. The first-order valence-corrected chi connectivity index (χ1v) is 12.3. The van der Waals surface area contributed by atoms with Crippen molar-refractivity contribution < 1.29 is 16.8 Å². The fraction of sp³-hybridized carbons (Fsp3) is 0.263. The van der Waals surface area contributed by atoms with Gasteiger partial charge in [-0.25, -0.2) is 25.5 Å². The Kier molecular flexibility index (Phi) is 6.14. The molecule has 1 N–H and O–H groups in total. The van der Waals surface area contributed by atoms with Gasteiger partial charge in [-0.1, -0.05) is 43.7 Å². The van der Waals surface area contributed by atoms with Gasteiger partial charge in [-0.2, -0.15) is 0 Å². The molecule has 3 aromatic rings. The number of hydrogen-bond acceptors (Lipinski definition) is 4. The van der Waals surface area contributed by atoms with Gasteiger partial charge in [0.1, 0.15) is 0 Å². The Bertz CT molecular complexity index is 1190. The van der Waals surface area contributed by atoms with Crippen molar-refractivity contribution in [1.82, 2.24) is 8.69 Å². The number of fused-ring (bicyclic) bond motifs is 1. The van der Waals surface area contributed by atoms with Crippen LogP contribution in [0.2, 0.25) is 0 Å². The van der Waals surface area contributed by atoms with Crippen molar-refractivity contribution in [1.29, 1.82) is 0 Å². The quantitative estimate of drug-likeness (QED) is 0.427. The minimum atomic E-state index is -4.14. The highest BCUT2D eigenvalue weighted by Crippen LogP contribution is 2.29. The Balaban J connectivity index is 2.29. The Morgan fingerprint density at radius 3 is 2.36 bits per heavy atom. The summed E-state index contributed by atoms with van der Waals surface area (Å²) in [6, 6.07) is 14.2. The molecule has 0 bridgehead atoms. The average molecular weight is 441 g/mol. The molecule has 1 heterocycles. The molecule has 0 aliphatic heterocycles. The summed E-state index contributed by atoms with van der Waals surface area (Å²) in [5, 5.41) is 0.193. The number of alkyl halides is 1. The third-order valence-corrected chi connectivity index (χ3v) is 7.93. The molecular formula is C19H21ClN2O4S2. The van der Waals surface area contributed by atoms with Crippen LogP contribution in [0.15, 0.2) is 64.5 Å². The monoisotopic (exact) mass is 440 g/mol. The van der Waals surface area contributed by atoms with Crippen LogP contribution in [0.4, 0.5) is 0 Å². The summed E-state index contributed by atoms with van der Waals surface area (Å²) in [7, 11) is -8.17. The van der Waals surface area contributed by atoms with Crippen LogP contribution in [0.25, 0.3) is 10.9 Å². The van der Waals surface area contributed by atoms with Crippen molar-refractivity contribution in [3.05, 3.63) is 60.2 Å². The second kappa shape index (κ2) is 8.24. The van der Waals surface area contributed by atoms with Crippen molar-refractivity contribution in [3.63, 3.8) is 0 Å². The first-order chi connectivity index (χ1) is 13.3. The molecule has 9 heteroatoms. The van der Waals surface area contributed by atoms with Crippen molar-refractivity contribution in [2.45, 2.75) is 35.6 Å². The molecule has 0 radical (unpaired) electrons. The lowest BCUT2D eigenvalue weighted by Crippen LogP contribution is -2.28. The highest BCUT2D eigenvalue weighted by Gasteiger charge is 2.29. The van der Waals surface area contributed by atoms with Gasteiger partial charge >= 0.3 is 0 Å². The number of benzene rings is 2. The minimum absolute atomic E-state index is 0.00813. The molecule has 1 aromatic heterocycles. The maximum atomic E-state index is 13.3. The SMILES string of the molecule is CCCCNS(=O)(=O)c1cc2ccc(CCl)cc2n1S(=O)(=O)c1ccccc1. The molecular weight excluding hydrogens is 420 g/mol. The molecule has 0 fully saturated rings. The zero-order valence-corrected chi connectivity index (χ0v) is 17.7. The normalized spacial score (nSPS) is 12.5. The highest BCUT2D eigenvalue weighted by molar-refractivity contribution is 7.92. The number of aromatic nitrogens is 1. The van der Waals surface area contributed by atoms with Gasteiger partial charge in [-0.05, 0) is 36.2 Å². The number of hydrogen-bond donors (Lipinski definition) is 1. The third kappa shape index (κ3) is 3.96. The second-order valence-electron chi connectivity index (χ2n) is 6.34. The average Bonchev–Trinajstić information content (AvgIpc) is 3.09. The standard InChI is InChI=1S/C19H21ClN2O4S2/c1-2-3-11-21-27(23,24)19-13-16-10-9-15(14-20)12-18(16)22(19)28(25,26)17-7-5-4-6-8-17/h4-10,12-13,21H,2-3,11,14H2,1H3. The molecule has 0 spiro atoms. The smallest absolute Gasteiger partial charge is 0.221 e. The van der Waals surface area contributed by atoms with Crippen molar-refractivity contribution >= 4 is 42.6 Å². The molecule has 28 heavy (non-hydrogen) atoms. The Morgan fingerprint density at radius 2 is 1.71 bits per heavy atom. The summed E-state index contributed by atoms with van der Waals surface area (Å²) in [5.74, 6) is 0.184. The maximum Gasteiger partial charge on any atom is 0.269 e. The molecule has 0 aliphatic rings. The summed E-state index contributed by atoms with van der Waals surface area (Å²) < 4.78 is 55.9. The van der Waals surface area contributed by atoms with Gasteiger partial charge in [0.25, 0.3) is 20.0 Å². The van der Waals surface area contributed by atoms with Crippen LogP contribution in [-0.4, -0.2) is 27.4 Å². The Morgan fingerprint density at radius 1 is 1.00 bits per heavy atom. The van der Waals surface area contributed by atoms with Crippen LogP contribution in [0, 0.1) is 0 Å². The van der Waals surface area contributed by atoms with Crippen LogP contribution in [0.5, 0.6) is 0 Å². The van der Waals surface area contributed by atoms with Gasteiger partial charge in [0.2, 0.25) is 0 Å². The molecule has 2 aromatic carbocycles. The van der Waals surface area contributed by atoms with Crippen molar-refractivity contribution in [2.24, 2.45) is 0 Å². The summed E-state index contributed by atoms with van der Waals surface area (Å²) in [6.07, 6.45) is 1.47. The van der Waals surface area contributed by atoms with Gasteiger partial charge in [0.15, 0.2) is 5.03 Å². The molecule has 150 valence electrons. The van der Waals surface area contributed by atoms with E-state index in [1.54, 1.807) is 36.4 Å². The first kappa shape index (κ1) is 20.9. The fourth-order valence-corrected chi connectivity index (χ4v) is 6.20. The first-order valence-electron chi connectivity index (χ1n) is 8.82. The van der Waals surface area contributed by atoms with Crippen LogP contribution in [-0.2, 0) is 25.9 Å². The molecule has 6 nitrogen and oxygen atoms in total. The Labute approximate surface area is 170 Å². The van der Waals surface area contributed by atoms with Crippen molar-refractivity contribution in [2.75, 3.05) is 6.54 Å². The second-order valence-corrected chi connectivity index (χ2v) is 10.1. The number of nitrogens with zero attached hydrogens (tertiary/aromatic N) is 1. The van der Waals surface area contributed by atoms with E-state index in [1.807, 2.05) is 6.92 Å². The lowest BCUT2D eigenvalue weighted by Gasteiger charge is -2.13. The summed E-state index contributed by atoms with van der Waals surface area (Å²) >= 11 is 5.90. The number of halogens is 1. The molecule has 0 amide bonds. The van der Waals surface area contributed by atoms with E-state index in [0.29, 0.717) is 17.4 Å². The molecule has 3 rings (SSSR count). The van der Waals surface area contributed by atoms with Gasteiger partial charge in [-0.3, -0.25) is 0 Å². The summed E-state index contributed by atoms with van der Waals surface area (Å²) in [6.45, 7) is 2.18. The van der Waals surface area contributed by atoms with Gasteiger partial charge < -0.3 is 0 Å². The van der Waals surface area contributed by atoms with Crippen LogP contribution >= 0.6 is 11.6 Å². The highest BCUT2D eigenvalue weighted by atomic mass is 35.5. The molecule has 0 aliphatic carbocycles. The topological polar surface area (TPSA) is 85.2 Å². The predicted octanol–water partition coefficient (Wildman–Crippen LogP) is 3.70. The van der Waals surface area contributed by atoms with Crippen LogP contribution in [0.3, 0.4) is 0 Å². The van der Waals surface area contributed by atoms with Gasteiger partial charge in [0.05, 0.1) is 10.4 Å². The zero-order chi connectivity index (χ0) is 20.4. The molecule has 0 saturated heterocycles. The van der Waals surface area contributed by atoms with E-state index in [9.17, 15) is 16.8 Å². The number of sulfonamides is 1. The van der Waals surface area contributed by atoms with E-state index in [0.717, 1.165) is 10.4 Å². The Hall–Kier alpha value is -1.87. The number of rotatable bonds is 8. The van der Waals surface area contributed by atoms with Crippen LogP contribution < -0.4 is 4.72 Å². The summed E-state index contributed by atoms with van der Waals surface area (Å²) in [5.41, 5.74) is 0.970. The molecule has 0 atom stereocenters. The zero-order valence-electron chi connectivity index (χ0n) is 15.3. The van der Waals surface area contributed by atoms with Crippen molar-refractivity contribution in [3.8, 4) is 0 Å². The largest absolute Gasteiger partial charge is 0.269 e. The van der Waals surface area contributed by atoms with E-state index in [4.69, 9.17) is 11.6 Å². The van der Waals surface area contributed by atoms with E-state index < -0.39 is 20.0 Å². The van der Waals surface area contributed by atoms with Crippen LogP contribution in [0.1, 0.15) is 25.3 Å². The lowest BCUT2D eigenvalue weighted by molar-refractivity contribution is 0.564. The number of unbranched alkanes of at least 4 members (excludes halogenated alkanes) is 1. The van der Waals surface area contributed by atoms with E-state index in [-0.39, 0.29) is 27.9 Å². The van der Waals surface area contributed by atoms with Gasteiger partial charge in [0, 0.05) is 17.8 Å². The fourth-order valence-electron chi connectivity index (χ4n) is 2.87. The lowest BCUT2D eigenvalue weighted by atomic mass is 10.2. The maximum absolute atomic E-state index is 13.3.